The molecule has 0 aromatic heterocycles. The maximum absolute atomic E-state index is 3.11. The summed E-state index contributed by atoms with van der Waals surface area (Å²) >= 11 is 0. The second kappa shape index (κ2) is 3.03. The van der Waals surface area contributed by atoms with Gasteiger partial charge in [0.1, 0.15) is 0 Å². The third-order valence-corrected chi connectivity index (χ3v) is 1.88. The van der Waals surface area contributed by atoms with Crippen LogP contribution in [0.15, 0.2) is 18.2 Å². The number of nitrogens with one attached hydrogen (secondary N) is 1. The minimum atomic E-state index is 1.20. The number of aryl methyl sites for hydroxylation is 1. The molecule has 1 N–H and O–H groups in total. The summed E-state index contributed by atoms with van der Waals surface area (Å²) in [6.07, 6.45) is 0. The molecule has 1 aromatic rings. The van der Waals surface area contributed by atoms with Crippen LogP contribution in [0.2, 0.25) is 0 Å². The van der Waals surface area contributed by atoms with Gasteiger partial charge in [-0.15, -0.1) is 9.24 Å². The quantitative estimate of drug-likeness (QED) is 0.603. The standard InChI is InChI=1S/C8H12NP/c1-6-5-7(10)3-4-8(6)9-2/h3-5,9H,10H2,1-2H3. The Labute approximate surface area is 64.0 Å². The van der Waals surface area contributed by atoms with E-state index in [2.05, 4.69) is 39.7 Å². The molecule has 2 heteroatoms. The lowest BCUT2D eigenvalue weighted by atomic mass is 10.2. The largest absolute Gasteiger partial charge is 0.388 e. The van der Waals surface area contributed by atoms with E-state index in [-0.39, 0.29) is 0 Å². The van der Waals surface area contributed by atoms with Crippen LogP contribution < -0.4 is 10.6 Å². The molecule has 0 saturated heterocycles. The molecule has 1 aromatic carbocycles. The topological polar surface area (TPSA) is 12.0 Å². The van der Waals surface area contributed by atoms with Gasteiger partial charge in [-0.1, -0.05) is 12.1 Å². The van der Waals surface area contributed by atoms with E-state index in [1.54, 1.807) is 0 Å². The van der Waals surface area contributed by atoms with Crippen LogP contribution in [0, 0.1) is 6.92 Å². The zero-order valence-corrected chi connectivity index (χ0v) is 7.46. The maximum atomic E-state index is 3.11. The van der Waals surface area contributed by atoms with Crippen molar-refractivity contribution in [2.45, 2.75) is 6.92 Å². The molecule has 0 amide bonds. The Bertz CT molecular complexity index is 233. The highest BCUT2D eigenvalue weighted by Crippen LogP contribution is 2.11. The molecule has 0 radical (unpaired) electrons. The van der Waals surface area contributed by atoms with Gasteiger partial charge in [0.2, 0.25) is 0 Å². The van der Waals surface area contributed by atoms with E-state index < -0.39 is 0 Å². The number of hydrogen-bond acceptors (Lipinski definition) is 1. The molecule has 0 bridgehead atoms. The lowest BCUT2D eigenvalue weighted by molar-refractivity contribution is 1.42. The first kappa shape index (κ1) is 7.56. The van der Waals surface area contributed by atoms with Crippen LogP contribution in [0.25, 0.3) is 0 Å². The molecule has 0 aliphatic carbocycles. The predicted molar refractivity (Wildman–Crippen MR) is 50.1 cm³/mol. The van der Waals surface area contributed by atoms with Crippen molar-refractivity contribution in [1.29, 1.82) is 0 Å². The summed E-state index contributed by atoms with van der Waals surface area (Å²) in [5.74, 6) is 0. The Hall–Kier alpha value is -0.550. The summed E-state index contributed by atoms with van der Waals surface area (Å²) in [6.45, 7) is 2.10. The fourth-order valence-electron chi connectivity index (χ4n) is 0.967. The van der Waals surface area contributed by atoms with Gasteiger partial charge in [-0.3, -0.25) is 0 Å². The SMILES string of the molecule is CNc1ccc(P)cc1C. The third kappa shape index (κ3) is 1.48. The molecule has 0 fully saturated rings. The number of hydrogen-bond donors (Lipinski definition) is 1. The van der Waals surface area contributed by atoms with Crippen LogP contribution >= 0.6 is 9.24 Å². The summed E-state index contributed by atoms with van der Waals surface area (Å²) in [5.41, 5.74) is 2.49. The highest BCUT2D eigenvalue weighted by atomic mass is 31.0. The van der Waals surface area contributed by atoms with Crippen LogP contribution in [-0.2, 0) is 0 Å². The summed E-state index contributed by atoms with van der Waals surface area (Å²) in [5, 5.41) is 4.35. The normalized spacial score (nSPS) is 9.50. The van der Waals surface area contributed by atoms with Crippen molar-refractivity contribution in [1.82, 2.24) is 0 Å². The minimum absolute atomic E-state index is 1.20. The second-order valence-electron chi connectivity index (χ2n) is 2.32. The van der Waals surface area contributed by atoms with Gasteiger partial charge in [0.05, 0.1) is 0 Å². The van der Waals surface area contributed by atoms with Crippen molar-refractivity contribution >= 4 is 20.2 Å². The molecule has 0 aliphatic rings. The fraction of sp³-hybridized carbons (Fsp3) is 0.250. The van der Waals surface area contributed by atoms with Crippen molar-refractivity contribution in [3.63, 3.8) is 0 Å². The molecule has 0 heterocycles. The summed E-state index contributed by atoms with van der Waals surface area (Å²) in [7, 11) is 4.61. The molecule has 10 heavy (non-hydrogen) atoms. The Morgan fingerprint density at radius 2 is 2.10 bits per heavy atom. The number of rotatable bonds is 1. The van der Waals surface area contributed by atoms with Crippen molar-refractivity contribution in [3.05, 3.63) is 23.8 Å². The minimum Gasteiger partial charge on any atom is -0.388 e. The number of benzene rings is 1. The van der Waals surface area contributed by atoms with Crippen LogP contribution in [0.3, 0.4) is 0 Å². The zero-order chi connectivity index (χ0) is 7.56. The molecular formula is C8H12NP. The Morgan fingerprint density at radius 1 is 1.40 bits per heavy atom. The third-order valence-electron chi connectivity index (χ3n) is 1.52. The molecule has 54 valence electrons. The maximum Gasteiger partial charge on any atom is 0.0367 e. The van der Waals surface area contributed by atoms with Crippen molar-refractivity contribution in [2.24, 2.45) is 0 Å². The average molecular weight is 153 g/mol. The summed E-state index contributed by atoms with van der Waals surface area (Å²) < 4.78 is 0. The highest BCUT2D eigenvalue weighted by molar-refractivity contribution is 7.27. The number of anilines is 1. The highest BCUT2D eigenvalue weighted by Gasteiger charge is 1.92. The van der Waals surface area contributed by atoms with Crippen molar-refractivity contribution in [2.75, 3.05) is 12.4 Å². The first-order valence-electron chi connectivity index (χ1n) is 3.28. The predicted octanol–water partition coefficient (Wildman–Crippen LogP) is 1.54. The molecule has 0 spiro atoms. The van der Waals surface area contributed by atoms with Gasteiger partial charge in [0.25, 0.3) is 0 Å². The van der Waals surface area contributed by atoms with Gasteiger partial charge in [-0.2, -0.15) is 0 Å². The Kier molecular flexibility index (Phi) is 2.29. The molecule has 1 unspecified atom stereocenters. The van der Waals surface area contributed by atoms with E-state index >= 15 is 0 Å². The van der Waals surface area contributed by atoms with E-state index in [1.165, 1.54) is 16.6 Å². The monoisotopic (exact) mass is 153 g/mol. The van der Waals surface area contributed by atoms with Crippen LogP contribution in [0.1, 0.15) is 5.56 Å². The molecule has 1 atom stereocenters. The Morgan fingerprint density at radius 3 is 2.60 bits per heavy atom. The van der Waals surface area contributed by atoms with Crippen LogP contribution in [0.4, 0.5) is 5.69 Å². The zero-order valence-electron chi connectivity index (χ0n) is 6.31. The van der Waals surface area contributed by atoms with Gasteiger partial charge in [0, 0.05) is 12.7 Å². The fourth-order valence-corrected chi connectivity index (χ4v) is 1.31. The van der Waals surface area contributed by atoms with Crippen molar-refractivity contribution in [3.8, 4) is 0 Å². The van der Waals surface area contributed by atoms with E-state index in [0.717, 1.165) is 0 Å². The van der Waals surface area contributed by atoms with E-state index in [1.807, 2.05) is 7.05 Å². The molecule has 0 aliphatic heterocycles. The first-order valence-corrected chi connectivity index (χ1v) is 3.85. The van der Waals surface area contributed by atoms with Crippen LogP contribution in [0.5, 0.6) is 0 Å². The molecule has 1 nitrogen and oxygen atoms in total. The first-order chi connectivity index (χ1) is 4.74. The van der Waals surface area contributed by atoms with E-state index in [9.17, 15) is 0 Å². The summed E-state index contributed by atoms with van der Waals surface area (Å²) in [6, 6.07) is 6.29. The molecule has 0 saturated carbocycles. The van der Waals surface area contributed by atoms with Gasteiger partial charge < -0.3 is 5.32 Å². The van der Waals surface area contributed by atoms with Crippen molar-refractivity contribution < 1.29 is 0 Å². The molecular weight excluding hydrogens is 141 g/mol. The summed E-state index contributed by atoms with van der Waals surface area (Å²) in [4.78, 5) is 0. The second-order valence-corrected chi connectivity index (χ2v) is 2.99. The van der Waals surface area contributed by atoms with E-state index in [4.69, 9.17) is 0 Å². The lowest BCUT2D eigenvalue weighted by Crippen LogP contribution is -1.96. The van der Waals surface area contributed by atoms with E-state index in [0.29, 0.717) is 0 Å². The van der Waals surface area contributed by atoms with Gasteiger partial charge in [-0.25, -0.2) is 0 Å². The van der Waals surface area contributed by atoms with Crippen LogP contribution in [-0.4, -0.2) is 7.05 Å². The van der Waals surface area contributed by atoms with Gasteiger partial charge in [-0.05, 0) is 23.9 Å². The molecule has 1 rings (SSSR count). The van der Waals surface area contributed by atoms with Gasteiger partial charge in [0.15, 0.2) is 0 Å². The van der Waals surface area contributed by atoms with Gasteiger partial charge >= 0.3 is 0 Å². The average Bonchev–Trinajstić information content (AvgIpc) is 1.88. The smallest absolute Gasteiger partial charge is 0.0367 e. The lowest BCUT2D eigenvalue weighted by Gasteiger charge is -2.04. The Balaban J connectivity index is 3.07.